The lowest BCUT2D eigenvalue weighted by atomic mass is 9.91. The summed E-state index contributed by atoms with van der Waals surface area (Å²) in [4.78, 5) is 37.1. The second-order valence-corrected chi connectivity index (χ2v) is 7.68. The van der Waals surface area contributed by atoms with Crippen LogP contribution >= 0.6 is 11.6 Å². The molecule has 0 aliphatic heterocycles. The molecule has 0 fully saturated rings. The van der Waals surface area contributed by atoms with Crippen LogP contribution in [-0.4, -0.2) is 27.9 Å². The number of nitrogens with one attached hydrogen (secondary N) is 2. The number of benzene rings is 2. The second-order valence-electron chi connectivity index (χ2n) is 7.27. The van der Waals surface area contributed by atoms with Crippen LogP contribution < -0.4 is 10.9 Å². The molecule has 5 aromatic rings. The first-order valence-electron chi connectivity index (χ1n) is 9.96. The largest absolute Gasteiger partial charge is 0.355 e. The Morgan fingerprint density at radius 3 is 2.59 bits per heavy atom. The van der Waals surface area contributed by atoms with Crippen LogP contribution in [0.4, 0.5) is 0 Å². The van der Waals surface area contributed by atoms with Gasteiger partial charge in [0.1, 0.15) is 5.65 Å². The molecular weight excluding hydrogens is 424 g/mol. The highest BCUT2D eigenvalue weighted by atomic mass is 35.5. The molecule has 156 valence electrons. The number of pyridine rings is 3. The van der Waals surface area contributed by atoms with E-state index >= 15 is 0 Å². The van der Waals surface area contributed by atoms with Gasteiger partial charge >= 0.3 is 0 Å². The molecule has 32 heavy (non-hydrogen) atoms. The Bertz CT molecular complexity index is 1560. The highest BCUT2D eigenvalue weighted by Crippen LogP contribution is 2.39. The molecule has 0 atom stereocenters. The number of halogens is 1. The maximum absolute atomic E-state index is 13.2. The summed E-state index contributed by atoms with van der Waals surface area (Å²) < 4.78 is 0. The quantitative estimate of drug-likeness (QED) is 0.421. The number of aromatic amines is 1. The lowest BCUT2D eigenvalue weighted by Gasteiger charge is -2.17. The SMILES string of the molecule is CNC(=O)c1c(-c2cc(Cl)c3ncccc3c2)c(-c2ccccc2)nc2[nH]c(=O)ccc12. The number of nitrogens with zero attached hydrogens (tertiary/aromatic N) is 2. The van der Waals surface area contributed by atoms with Gasteiger partial charge in [0.15, 0.2) is 0 Å². The van der Waals surface area contributed by atoms with Crippen molar-refractivity contribution in [3.8, 4) is 22.4 Å². The minimum Gasteiger partial charge on any atom is -0.355 e. The number of fused-ring (bicyclic) bond motifs is 2. The van der Waals surface area contributed by atoms with Gasteiger partial charge in [-0.3, -0.25) is 14.6 Å². The van der Waals surface area contributed by atoms with Crippen LogP contribution in [0.3, 0.4) is 0 Å². The molecule has 3 heterocycles. The monoisotopic (exact) mass is 440 g/mol. The summed E-state index contributed by atoms with van der Waals surface area (Å²) in [5, 5.41) is 4.59. The van der Waals surface area contributed by atoms with Crippen LogP contribution in [0.2, 0.25) is 5.02 Å². The fourth-order valence-corrected chi connectivity index (χ4v) is 4.19. The fraction of sp³-hybridized carbons (Fsp3) is 0.0400. The summed E-state index contributed by atoms with van der Waals surface area (Å²) in [6.45, 7) is 0. The fourth-order valence-electron chi connectivity index (χ4n) is 3.91. The van der Waals surface area contributed by atoms with E-state index in [1.165, 1.54) is 6.07 Å². The van der Waals surface area contributed by atoms with E-state index in [4.69, 9.17) is 16.6 Å². The standard InChI is InChI=1S/C25H17ClN4O2/c1-27-25(32)21-17-9-10-19(31)29-24(17)30-23(14-6-3-2-4-7-14)20(21)16-12-15-8-5-11-28-22(15)18(26)13-16/h2-13H,1H3,(H,27,32)(H,29,30,31). The predicted octanol–water partition coefficient (Wildman–Crippen LogP) is 4.82. The number of carbonyl (C=O) groups excluding carboxylic acids is 1. The van der Waals surface area contributed by atoms with Gasteiger partial charge in [-0.2, -0.15) is 0 Å². The first-order valence-corrected chi connectivity index (χ1v) is 10.3. The van der Waals surface area contributed by atoms with Crippen LogP contribution in [0, 0.1) is 0 Å². The van der Waals surface area contributed by atoms with Crippen LogP contribution in [0.15, 0.2) is 77.7 Å². The van der Waals surface area contributed by atoms with Crippen molar-refractivity contribution in [1.82, 2.24) is 20.3 Å². The molecule has 0 saturated heterocycles. The van der Waals surface area contributed by atoms with Crippen molar-refractivity contribution >= 4 is 39.4 Å². The van der Waals surface area contributed by atoms with E-state index < -0.39 is 0 Å². The highest BCUT2D eigenvalue weighted by Gasteiger charge is 2.23. The van der Waals surface area contributed by atoms with E-state index in [1.807, 2.05) is 48.5 Å². The first-order chi connectivity index (χ1) is 15.6. The minimum atomic E-state index is -0.293. The van der Waals surface area contributed by atoms with Crippen LogP contribution in [0.25, 0.3) is 44.3 Å². The maximum Gasteiger partial charge on any atom is 0.252 e. The van der Waals surface area contributed by atoms with Crippen LogP contribution in [0.1, 0.15) is 10.4 Å². The molecule has 2 aromatic carbocycles. The van der Waals surface area contributed by atoms with Gasteiger partial charge in [-0.05, 0) is 29.8 Å². The van der Waals surface area contributed by atoms with Gasteiger partial charge in [0, 0.05) is 41.2 Å². The Morgan fingerprint density at radius 1 is 1.00 bits per heavy atom. The van der Waals surface area contributed by atoms with E-state index in [2.05, 4.69) is 15.3 Å². The smallest absolute Gasteiger partial charge is 0.252 e. The third-order valence-corrected chi connectivity index (χ3v) is 5.61. The van der Waals surface area contributed by atoms with Crippen molar-refractivity contribution in [2.24, 2.45) is 0 Å². The molecule has 0 unspecified atom stereocenters. The van der Waals surface area contributed by atoms with E-state index in [0.717, 1.165) is 16.5 Å². The van der Waals surface area contributed by atoms with Gasteiger partial charge in [-0.25, -0.2) is 4.98 Å². The number of H-pyrrole nitrogens is 1. The zero-order valence-electron chi connectivity index (χ0n) is 17.0. The topological polar surface area (TPSA) is 87.7 Å². The molecule has 0 aliphatic rings. The zero-order chi connectivity index (χ0) is 22.2. The molecule has 0 aliphatic carbocycles. The molecular formula is C25H17ClN4O2. The average Bonchev–Trinajstić information content (AvgIpc) is 2.82. The van der Waals surface area contributed by atoms with Crippen LogP contribution in [0.5, 0.6) is 0 Å². The second kappa shape index (κ2) is 7.90. The Morgan fingerprint density at radius 2 is 1.81 bits per heavy atom. The molecule has 2 N–H and O–H groups in total. The van der Waals surface area contributed by atoms with Crippen molar-refractivity contribution in [2.45, 2.75) is 0 Å². The minimum absolute atomic E-state index is 0.292. The Kier molecular flexibility index (Phi) is 4.92. The number of rotatable bonds is 3. The summed E-state index contributed by atoms with van der Waals surface area (Å²) in [5.74, 6) is -0.293. The molecule has 0 saturated carbocycles. The summed E-state index contributed by atoms with van der Waals surface area (Å²) in [6.07, 6.45) is 1.69. The molecule has 3 aromatic heterocycles. The van der Waals surface area contributed by atoms with Crippen LogP contribution in [-0.2, 0) is 0 Å². The van der Waals surface area contributed by atoms with Crippen molar-refractivity contribution < 1.29 is 4.79 Å². The summed E-state index contributed by atoms with van der Waals surface area (Å²) in [7, 11) is 1.57. The van der Waals surface area contributed by atoms with Gasteiger partial charge in [0.25, 0.3) is 5.91 Å². The Labute approximate surface area is 187 Å². The summed E-state index contributed by atoms with van der Waals surface area (Å²) in [5.41, 5.74) is 3.87. The van der Waals surface area contributed by atoms with E-state index in [0.29, 0.717) is 38.4 Å². The number of hydrogen-bond acceptors (Lipinski definition) is 4. The number of aromatic nitrogens is 3. The summed E-state index contributed by atoms with van der Waals surface area (Å²) >= 11 is 6.58. The number of hydrogen-bond donors (Lipinski definition) is 2. The molecule has 1 amide bonds. The van der Waals surface area contributed by atoms with Gasteiger partial charge in [-0.15, -0.1) is 0 Å². The van der Waals surface area contributed by atoms with Crippen molar-refractivity contribution in [1.29, 1.82) is 0 Å². The van der Waals surface area contributed by atoms with E-state index in [-0.39, 0.29) is 11.5 Å². The molecule has 0 spiro atoms. The lowest BCUT2D eigenvalue weighted by molar-refractivity contribution is 0.0965. The van der Waals surface area contributed by atoms with Gasteiger partial charge < -0.3 is 10.3 Å². The maximum atomic E-state index is 13.2. The average molecular weight is 441 g/mol. The van der Waals surface area contributed by atoms with E-state index in [1.54, 1.807) is 25.4 Å². The Balaban J connectivity index is 1.97. The van der Waals surface area contributed by atoms with Crippen molar-refractivity contribution in [3.05, 3.63) is 93.9 Å². The molecule has 0 bridgehead atoms. The van der Waals surface area contributed by atoms with E-state index in [9.17, 15) is 9.59 Å². The molecule has 6 nitrogen and oxygen atoms in total. The first kappa shape index (κ1) is 19.9. The molecule has 7 heteroatoms. The van der Waals surface area contributed by atoms with Gasteiger partial charge in [0.2, 0.25) is 5.56 Å². The number of carbonyl (C=O) groups is 1. The summed E-state index contributed by atoms with van der Waals surface area (Å²) in [6, 6.07) is 20.0. The van der Waals surface area contributed by atoms with Gasteiger partial charge in [0.05, 0.1) is 21.8 Å². The lowest BCUT2D eigenvalue weighted by Crippen LogP contribution is -2.21. The van der Waals surface area contributed by atoms with Crippen molar-refractivity contribution in [2.75, 3.05) is 7.05 Å². The predicted molar refractivity (Wildman–Crippen MR) is 127 cm³/mol. The zero-order valence-corrected chi connectivity index (χ0v) is 17.8. The number of amides is 1. The third-order valence-electron chi connectivity index (χ3n) is 5.33. The third kappa shape index (κ3) is 3.31. The normalized spacial score (nSPS) is 11.1. The Hall–Kier alpha value is -4.03. The van der Waals surface area contributed by atoms with Gasteiger partial charge in [-0.1, -0.05) is 48.0 Å². The van der Waals surface area contributed by atoms with Crippen molar-refractivity contribution in [3.63, 3.8) is 0 Å². The molecule has 0 radical (unpaired) electrons. The highest BCUT2D eigenvalue weighted by molar-refractivity contribution is 6.35. The molecule has 5 rings (SSSR count).